The Morgan fingerprint density at radius 1 is 1.36 bits per heavy atom. The zero-order chi connectivity index (χ0) is 9.28. The topological polar surface area (TPSA) is 63.2 Å². The highest BCUT2D eigenvalue weighted by Gasteiger charge is 2.24. The molecule has 0 aromatic rings. The van der Waals surface area contributed by atoms with E-state index in [1.54, 1.807) is 25.5 Å². The second-order valence-electron chi connectivity index (χ2n) is 3.12. The molecule has 0 rings (SSSR count). The molecule has 1 amide bonds. The van der Waals surface area contributed by atoms with Gasteiger partial charge >= 0.3 is 9.24 Å². The Balaban J connectivity index is 4.35. The van der Waals surface area contributed by atoms with Crippen molar-refractivity contribution in [1.82, 2.24) is 4.72 Å². The monoisotopic (exact) mass is 199 g/mol. The molecule has 0 aliphatic rings. The van der Waals surface area contributed by atoms with Gasteiger partial charge in [-0.3, -0.25) is 4.79 Å². The van der Waals surface area contributed by atoms with Crippen LogP contribution in [0.25, 0.3) is 0 Å². The van der Waals surface area contributed by atoms with Gasteiger partial charge in [-0.25, -0.2) is 4.72 Å². The first-order chi connectivity index (χ1) is 4.63. The van der Waals surface area contributed by atoms with E-state index in [4.69, 9.17) is 10.7 Å². The molecule has 0 fully saturated rings. The van der Waals surface area contributed by atoms with Gasteiger partial charge in [0.1, 0.15) is 0 Å². The molecule has 0 saturated carbocycles. The standard InChI is InChI=1S/C5H10ClNO3S/c1-5(2,3)4(8)7-11(6,9)10/h1-3H3,(H,7,8). The first-order valence-electron chi connectivity index (χ1n) is 2.90. The Labute approximate surface area is 70.5 Å². The SMILES string of the molecule is CC(C)(C)C(=O)NS(=O)(=O)Cl. The van der Waals surface area contributed by atoms with Gasteiger partial charge < -0.3 is 0 Å². The zero-order valence-electron chi connectivity index (χ0n) is 6.51. The first kappa shape index (κ1) is 10.7. The molecule has 0 bridgehead atoms. The maximum Gasteiger partial charge on any atom is 0.321 e. The fourth-order valence-electron chi connectivity index (χ4n) is 0.264. The molecular weight excluding hydrogens is 190 g/mol. The van der Waals surface area contributed by atoms with Gasteiger partial charge in [0.25, 0.3) is 0 Å². The van der Waals surface area contributed by atoms with Crippen LogP contribution in [0.3, 0.4) is 0 Å². The van der Waals surface area contributed by atoms with Crippen LogP contribution in [0.5, 0.6) is 0 Å². The quantitative estimate of drug-likeness (QED) is 0.631. The Kier molecular flexibility index (Phi) is 2.91. The van der Waals surface area contributed by atoms with Gasteiger partial charge in [0.2, 0.25) is 5.91 Å². The number of rotatable bonds is 1. The Morgan fingerprint density at radius 3 is 1.82 bits per heavy atom. The molecule has 0 aromatic carbocycles. The number of nitrogens with one attached hydrogen (secondary N) is 1. The van der Waals surface area contributed by atoms with Gasteiger partial charge in [0.15, 0.2) is 0 Å². The summed E-state index contributed by atoms with van der Waals surface area (Å²) in [6, 6.07) is 0. The van der Waals surface area contributed by atoms with E-state index in [9.17, 15) is 13.2 Å². The summed E-state index contributed by atoms with van der Waals surface area (Å²) in [5.41, 5.74) is -0.748. The molecule has 1 N–H and O–H groups in total. The molecule has 0 aliphatic heterocycles. The molecule has 6 heteroatoms. The van der Waals surface area contributed by atoms with Crippen LogP contribution in [0.1, 0.15) is 20.8 Å². The number of hydrogen-bond donors (Lipinski definition) is 1. The lowest BCUT2D eigenvalue weighted by molar-refractivity contribution is -0.126. The third kappa shape index (κ3) is 5.03. The number of carbonyl (C=O) groups is 1. The van der Waals surface area contributed by atoms with Crippen LogP contribution in [0, 0.1) is 5.41 Å². The third-order valence-corrected chi connectivity index (χ3v) is 1.56. The highest BCUT2D eigenvalue weighted by Crippen LogP contribution is 2.13. The second kappa shape index (κ2) is 2.98. The normalized spacial score (nSPS) is 12.7. The lowest BCUT2D eigenvalue weighted by Gasteiger charge is -2.15. The molecule has 0 spiro atoms. The molecule has 11 heavy (non-hydrogen) atoms. The van der Waals surface area contributed by atoms with Gasteiger partial charge in [-0.05, 0) is 0 Å². The molecular formula is C5H10ClNO3S. The number of amides is 1. The highest BCUT2D eigenvalue weighted by molar-refractivity contribution is 8.12. The van der Waals surface area contributed by atoms with Gasteiger partial charge in [-0.2, -0.15) is 8.42 Å². The summed E-state index contributed by atoms with van der Waals surface area (Å²) in [6.45, 7) is 4.76. The van der Waals surface area contributed by atoms with E-state index in [1.807, 2.05) is 0 Å². The minimum absolute atomic E-state index is 0.618. The molecule has 66 valence electrons. The minimum Gasteiger partial charge on any atom is -0.273 e. The van der Waals surface area contributed by atoms with Gasteiger partial charge in [0, 0.05) is 16.1 Å². The highest BCUT2D eigenvalue weighted by atomic mass is 35.7. The van der Waals surface area contributed by atoms with Gasteiger partial charge in [0.05, 0.1) is 0 Å². The van der Waals surface area contributed by atoms with Crippen LogP contribution in [-0.4, -0.2) is 14.3 Å². The molecule has 0 aromatic heterocycles. The molecule has 0 radical (unpaired) electrons. The van der Waals surface area contributed by atoms with Crippen molar-refractivity contribution in [1.29, 1.82) is 0 Å². The smallest absolute Gasteiger partial charge is 0.273 e. The first-order valence-corrected chi connectivity index (χ1v) is 5.21. The van der Waals surface area contributed by atoms with Crippen molar-refractivity contribution < 1.29 is 13.2 Å². The van der Waals surface area contributed by atoms with Crippen molar-refractivity contribution in [2.24, 2.45) is 5.41 Å². The Morgan fingerprint density at radius 2 is 1.73 bits per heavy atom. The maximum absolute atomic E-state index is 10.9. The third-order valence-electron chi connectivity index (χ3n) is 0.896. The largest absolute Gasteiger partial charge is 0.321 e. The van der Waals surface area contributed by atoms with E-state index < -0.39 is 20.6 Å². The van der Waals surface area contributed by atoms with Crippen LogP contribution >= 0.6 is 10.7 Å². The van der Waals surface area contributed by atoms with Crippen molar-refractivity contribution in [3.63, 3.8) is 0 Å². The number of halogens is 1. The average molecular weight is 200 g/mol. The molecule has 0 unspecified atom stereocenters. The molecule has 0 atom stereocenters. The van der Waals surface area contributed by atoms with E-state index in [0.29, 0.717) is 0 Å². The minimum atomic E-state index is -3.93. The van der Waals surface area contributed by atoms with E-state index in [2.05, 4.69) is 0 Å². The molecule has 0 saturated heterocycles. The maximum atomic E-state index is 10.9. The predicted molar refractivity (Wildman–Crippen MR) is 42.4 cm³/mol. The van der Waals surface area contributed by atoms with Crippen molar-refractivity contribution in [3.8, 4) is 0 Å². The molecule has 0 heterocycles. The van der Waals surface area contributed by atoms with Crippen molar-refractivity contribution in [2.45, 2.75) is 20.8 Å². The lowest BCUT2D eigenvalue weighted by Crippen LogP contribution is -2.36. The molecule has 0 aliphatic carbocycles. The summed E-state index contributed by atoms with van der Waals surface area (Å²) in [6.07, 6.45) is 0. The van der Waals surface area contributed by atoms with Crippen molar-refractivity contribution in [2.75, 3.05) is 0 Å². The predicted octanol–water partition coefficient (Wildman–Crippen LogP) is 0.632. The second-order valence-corrected chi connectivity index (χ2v) is 5.42. The van der Waals surface area contributed by atoms with E-state index in [0.717, 1.165) is 0 Å². The summed E-state index contributed by atoms with van der Waals surface area (Å²) < 4.78 is 22.3. The van der Waals surface area contributed by atoms with Gasteiger partial charge in [-0.1, -0.05) is 20.8 Å². The van der Waals surface area contributed by atoms with Crippen LogP contribution in [-0.2, 0) is 14.0 Å². The number of hydrogen-bond acceptors (Lipinski definition) is 3. The van der Waals surface area contributed by atoms with E-state index >= 15 is 0 Å². The lowest BCUT2D eigenvalue weighted by atomic mass is 9.96. The fraction of sp³-hybridized carbons (Fsp3) is 0.800. The van der Waals surface area contributed by atoms with Crippen molar-refractivity contribution >= 4 is 25.8 Å². The molecule has 4 nitrogen and oxygen atoms in total. The summed E-state index contributed by atoms with van der Waals surface area (Å²) >= 11 is 0. The van der Waals surface area contributed by atoms with E-state index in [1.165, 1.54) is 0 Å². The van der Waals surface area contributed by atoms with Crippen LogP contribution in [0.2, 0.25) is 0 Å². The summed E-state index contributed by atoms with van der Waals surface area (Å²) in [5.74, 6) is -0.618. The Hall–Kier alpha value is -0.290. The summed E-state index contributed by atoms with van der Waals surface area (Å²) in [5, 5.41) is 0. The zero-order valence-corrected chi connectivity index (χ0v) is 8.08. The average Bonchev–Trinajstić information content (AvgIpc) is 1.56. The summed E-state index contributed by atoms with van der Waals surface area (Å²) in [7, 11) is 0.841. The Bertz CT molecular complexity index is 251. The van der Waals surface area contributed by atoms with Crippen LogP contribution in [0.15, 0.2) is 0 Å². The van der Waals surface area contributed by atoms with Crippen LogP contribution in [0.4, 0.5) is 0 Å². The van der Waals surface area contributed by atoms with E-state index in [-0.39, 0.29) is 0 Å². The summed E-state index contributed by atoms with van der Waals surface area (Å²) in [4.78, 5) is 10.9. The fourth-order valence-corrected chi connectivity index (χ4v) is 1.00. The van der Waals surface area contributed by atoms with Crippen molar-refractivity contribution in [3.05, 3.63) is 0 Å². The van der Waals surface area contributed by atoms with Crippen LogP contribution < -0.4 is 4.72 Å². The number of carbonyl (C=O) groups excluding carboxylic acids is 1. The van der Waals surface area contributed by atoms with Gasteiger partial charge in [-0.15, -0.1) is 0 Å².